The van der Waals surface area contributed by atoms with E-state index in [0.29, 0.717) is 6.42 Å². The van der Waals surface area contributed by atoms with E-state index < -0.39 is 0 Å². The van der Waals surface area contributed by atoms with E-state index in [0.717, 1.165) is 11.3 Å². The third kappa shape index (κ3) is 3.92. The molecule has 0 aliphatic rings. The monoisotopic (exact) mass is 274 g/mol. The highest BCUT2D eigenvalue weighted by Gasteiger charge is 2.01. The molecule has 0 aliphatic carbocycles. The van der Waals surface area contributed by atoms with E-state index in [2.05, 4.69) is 35.4 Å². The first-order valence-electron chi connectivity index (χ1n) is 5.74. The average Bonchev–Trinajstić information content (AvgIpc) is 2.91. The van der Waals surface area contributed by atoms with Crippen LogP contribution in [0.15, 0.2) is 46.0 Å². The van der Waals surface area contributed by atoms with Gasteiger partial charge in [0.15, 0.2) is 0 Å². The molecule has 0 amide bonds. The van der Waals surface area contributed by atoms with Gasteiger partial charge in [0.05, 0.1) is 10.8 Å². The van der Waals surface area contributed by atoms with Crippen molar-refractivity contribution in [2.24, 2.45) is 0 Å². The largest absolute Gasteiger partial charge is 0.395 e. The Hall–Kier alpha value is -1.21. The predicted molar refractivity (Wildman–Crippen MR) is 78.9 cm³/mol. The molecule has 0 fully saturated rings. The lowest BCUT2D eigenvalue weighted by molar-refractivity contribution is 0.305. The molecule has 0 saturated heterocycles. The maximum Gasteiger partial charge on any atom is 0.0601 e. The molecule has 1 nitrogen and oxygen atoms in total. The lowest BCUT2D eigenvalue weighted by Gasteiger charge is -2.02. The first-order valence-corrected chi connectivity index (χ1v) is 7.60. The Morgan fingerprint density at radius 1 is 1.17 bits per heavy atom. The fourth-order valence-corrected chi connectivity index (χ4v) is 3.26. The van der Waals surface area contributed by atoms with Crippen molar-refractivity contribution in [2.75, 3.05) is 6.61 Å². The molecular weight excluding hydrogens is 260 g/mol. The van der Waals surface area contributed by atoms with Crippen LogP contribution in [0.5, 0.6) is 0 Å². The van der Waals surface area contributed by atoms with Crippen molar-refractivity contribution in [3.63, 3.8) is 0 Å². The Bertz CT molecular complexity index is 535. The lowest BCUT2D eigenvalue weighted by atomic mass is 10.1. The number of thiophene rings is 1. The molecule has 18 heavy (non-hydrogen) atoms. The van der Waals surface area contributed by atoms with Gasteiger partial charge in [-0.3, -0.25) is 0 Å². The number of aliphatic hydroxyl groups is 1. The zero-order chi connectivity index (χ0) is 12.6. The van der Waals surface area contributed by atoms with Crippen molar-refractivity contribution in [1.82, 2.24) is 0 Å². The summed E-state index contributed by atoms with van der Waals surface area (Å²) in [7, 11) is 0. The lowest BCUT2D eigenvalue weighted by Crippen LogP contribution is -1.87. The molecule has 3 heteroatoms. The minimum absolute atomic E-state index is 0.124. The first kappa shape index (κ1) is 13.2. The van der Waals surface area contributed by atoms with Gasteiger partial charge in [-0.25, -0.2) is 0 Å². The minimum atomic E-state index is 0.124. The maximum atomic E-state index is 8.74. The molecule has 0 unspecified atom stereocenters. The van der Waals surface area contributed by atoms with Gasteiger partial charge in [0.25, 0.3) is 0 Å². The topological polar surface area (TPSA) is 20.2 Å². The van der Waals surface area contributed by atoms with Crippen molar-refractivity contribution in [1.29, 1.82) is 0 Å². The number of hydrogen-bond donors (Lipinski definition) is 1. The zero-order valence-electron chi connectivity index (χ0n) is 9.93. The second-order valence-corrected chi connectivity index (χ2v) is 5.88. The van der Waals surface area contributed by atoms with Gasteiger partial charge in [-0.05, 0) is 23.1 Å². The molecule has 0 radical (unpaired) electrons. The Morgan fingerprint density at radius 2 is 2.06 bits per heavy atom. The van der Waals surface area contributed by atoms with Crippen LogP contribution in [0.4, 0.5) is 0 Å². The number of rotatable bonds is 4. The van der Waals surface area contributed by atoms with Gasteiger partial charge < -0.3 is 5.11 Å². The Kier molecular flexibility index (Phi) is 5.35. The third-order valence-corrected chi connectivity index (χ3v) is 4.52. The van der Waals surface area contributed by atoms with E-state index in [4.69, 9.17) is 5.11 Å². The molecule has 0 aliphatic heterocycles. The van der Waals surface area contributed by atoms with E-state index in [1.54, 1.807) is 11.3 Å². The number of benzene rings is 1. The molecule has 2 aromatic rings. The summed E-state index contributed by atoms with van der Waals surface area (Å²) >= 11 is 3.60. The van der Waals surface area contributed by atoms with E-state index in [1.165, 1.54) is 9.77 Å². The smallest absolute Gasteiger partial charge is 0.0601 e. The van der Waals surface area contributed by atoms with Crippen LogP contribution in [-0.4, -0.2) is 11.7 Å². The van der Waals surface area contributed by atoms with E-state index in [-0.39, 0.29) is 6.61 Å². The van der Waals surface area contributed by atoms with Crippen LogP contribution in [0.2, 0.25) is 0 Å². The van der Waals surface area contributed by atoms with E-state index >= 15 is 0 Å². The van der Waals surface area contributed by atoms with E-state index in [9.17, 15) is 0 Å². The second kappa shape index (κ2) is 7.27. The number of aliphatic hydroxyl groups excluding tert-OH is 1. The minimum Gasteiger partial charge on any atom is -0.395 e. The highest BCUT2D eigenvalue weighted by atomic mass is 32.2. The Balaban J connectivity index is 2.06. The summed E-state index contributed by atoms with van der Waals surface area (Å²) < 4.78 is 1.33. The third-order valence-electron chi connectivity index (χ3n) is 2.34. The van der Waals surface area contributed by atoms with Gasteiger partial charge in [0.2, 0.25) is 0 Å². The van der Waals surface area contributed by atoms with Gasteiger partial charge in [0.1, 0.15) is 0 Å². The van der Waals surface area contributed by atoms with Gasteiger partial charge in [0, 0.05) is 17.7 Å². The second-order valence-electron chi connectivity index (χ2n) is 3.65. The molecule has 1 aromatic carbocycles. The summed E-state index contributed by atoms with van der Waals surface area (Å²) in [5, 5.41) is 10.8. The average molecular weight is 274 g/mol. The summed E-state index contributed by atoms with van der Waals surface area (Å²) in [6.45, 7) is 0.124. The zero-order valence-corrected chi connectivity index (χ0v) is 11.6. The molecule has 0 spiro atoms. The van der Waals surface area contributed by atoms with Crippen LogP contribution in [0.25, 0.3) is 0 Å². The van der Waals surface area contributed by atoms with Crippen LogP contribution in [0.3, 0.4) is 0 Å². The molecule has 1 N–H and O–H groups in total. The van der Waals surface area contributed by atoms with Crippen LogP contribution in [0.1, 0.15) is 17.5 Å². The Labute approximate surface area is 116 Å². The van der Waals surface area contributed by atoms with Crippen LogP contribution < -0.4 is 0 Å². The van der Waals surface area contributed by atoms with Crippen LogP contribution in [0, 0.1) is 11.8 Å². The molecule has 1 aromatic heterocycles. The maximum absolute atomic E-state index is 8.74. The molecule has 0 atom stereocenters. The van der Waals surface area contributed by atoms with Crippen LogP contribution >= 0.6 is 23.1 Å². The van der Waals surface area contributed by atoms with Crippen molar-refractivity contribution in [2.45, 2.75) is 16.4 Å². The number of thioether (sulfide) groups is 1. The molecule has 2 rings (SSSR count). The van der Waals surface area contributed by atoms with Crippen molar-refractivity contribution >= 4 is 23.1 Å². The summed E-state index contributed by atoms with van der Waals surface area (Å²) in [4.78, 5) is 0. The summed E-state index contributed by atoms with van der Waals surface area (Å²) in [6, 6.07) is 12.4. The molecule has 92 valence electrons. The normalized spacial score (nSPS) is 9.83. The summed E-state index contributed by atoms with van der Waals surface area (Å²) in [5.74, 6) is 7.04. The molecule has 0 bridgehead atoms. The van der Waals surface area contributed by atoms with Crippen molar-refractivity contribution in [3.8, 4) is 11.8 Å². The summed E-state index contributed by atoms with van der Waals surface area (Å²) in [6.07, 6.45) is 0.534. The predicted octanol–water partition coefficient (Wildman–Crippen LogP) is 3.77. The van der Waals surface area contributed by atoms with Crippen LogP contribution in [-0.2, 0) is 5.75 Å². The fourth-order valence-electron chi connectivity index (χ4n) is 1.48. The van der Waals surface area contributed by atoms with Crippen molar-refractivity contribution in [3.05, 3.63) is 52.9 Å². The van der Waals surface area contributed by atoms with Gasteiger partial charge >= 0.3 is 0 Å². The summed E-state index contributed by atoms with van der Waals surface area (Å²) in [5.41, 5.74) is 2.32. The highest BCUT2D eigenvalue weighted by molar-refractivity contribution is 8.00. The van der Waals surface area contributed by atoms with Gasteiger partial charge in [-0.15, -0.1) is 23.1 Å². The van der Waals surface area contributed by atoms with Crippen molar-refractivity contribution < 1.29 is 5.11 Å². The SMILES string of the molecule is OCCC#Cc1ccccc1CSc1cccs1. The first-order chi connectivity index (χ1) is 8.90. The molecule has 0 saturated carbocycles. The standard InChI is InChI=1S/C15H14OS2/c16-10-4-3-7-13-6-1-2-8-14(13)12-18-15-9-5-11-17-15/h1-2,5-6,8-9,11,16H,4,10,12H2. The molecule has 1 heterocycles. The molecular formula is C15H14OS2. The van der Waals surface area contributed by atoms with E-state index in [1.807, 2.05) is 30.0 Å². The van der Waals surface area contributed by atoms with Gasteiger partial charge in [-0.2, -0.15) is 0 Å². The highest BCUT2D eigenvalue weighted by Crippen LogP contribution is 2.27. The Morgan fingerprint density at radius 3 is 2.83 bits per heavy atom. The number of hydrogen-bond acceptors (Lipinski definition) is 3. The fraction of sp³-hybridized carbons (Fsp3) is 0.200. The van der Waals surface area contributed by atoms with Gasteiger partial charge in [-0.1, -0.05) is 36.1 Å². The quantitative estimate of drug-likeness (QED) is 0.676.